The van der Waals surface area contributed by atoms with E-state index in [0.717, 1.165) is 29.9 Å². The SMILES string of the molecule is CC1Cc2nc3cc(-c4cccc(F)c4)ccc3c(=O)n2C1. The van der Waals surface area contributed by atoms with E-state index in [1.807, 2.05) is 18.2 Å². The molecule has 0 amide bonds. The number of rotatable bonds is 1. The molecule has 0 spiro atoms. The third kappa shape index (κ3) is 2.03. The van der Waals surface area contributed by atoms with Gasteiger partial charge in [0.1, 0.15) is 11.6 Å². The molecule has 0 radical (unpaired) electrons. The molecule has 2 aromatic carbocycles. The standard InChI is InChI=1S/C18H15FN2O/c1-11-7-17-20-16-9-13(12-3-2-4-14(19)8-12)5-6-15(16)18(22)21(17)10-11/h2-6,8-9,11H,7,10H2,1H3. The highest BCUT2D eigenvalue weighted by Gasteiger charge is 2.21. The van der Waals surface area contributed by atoms with Gasteiger partial charge in [0.15, 0.2) is 0 Å². The molecule has 3 nitrogen and oxygen atoms in total. The highest BCUT2D eigenvalue weighted by Crippen LogP contribution is 2.25. The van der Waals surface area contributed by atoms with Crippen molar-refractivity contribution in [2.75, 3.05) is 0 Å². The van der Waals surface area contributed by atoms with Gasteiger partial charge in [-0.3, -0.25) is 9.36 Å². The zero-order valence-corrected chi connectivity index (χ0v) is 12.2. The van der Waals surface area contributed by atoms with Crippen LogP contribution in [0.1, 0.15) is 12.7 Å². The van der Waals surface area contributed by atoms with E-state index in [0.29, 0.717) is 16.8 Å². The van der Waals surface area contributed by atoms with Crippen LogP contribution in [0.25, 0.3) is 22.0 Å². The van der Waals surface area contributed by atoms with Crippen molar-refractivity contribution in [3.63, 3.8) is 0 Å². The summed E-state index contributed by atoms with van der Waals surface area (Å²) in [6, 6.07) is 12.0. The molecule has 3 aromatic rings. The highest BCUT2D eigenvalue weighted by atomic mass is 19.1. The fraction of sp³-hybridized carbons (Fsp3) is 0.222. The third-order valence-electron chi connectivity index (χ3n) is 4.22. The summed E-state index contributed by atoms with van der Waals surface area (Å²) in [4.78, 5) is 17.2. The van der Waals surface area contributed by atoms with Crippen LogP contribution < -0.4 is 5.56 Å². The summed E-state index contributed by atoms with van der Waals surface area (Å²) in [5, 5.41) is 0.623. The van der Waals surface area contributed by atoms with Crippen LogP contribution >= 0.6 is 0 Å². The molecule has 1 unspecified atom stereocenters. The van der Waals surface area contributed by atoms with Crippen molar-refractivity contribution in [2.24, 2.45) is 5.92 Å². The van der Waals surface area contributed by atoms with Crippen molar-refractivity contribution in [2.45, 2.75) is 19.9 Å². The summed E-state index contributed by atoms with van der Waals surface area (Å²) in [6.45, 7) is 2.86. The molecule has 1 aromatic heterocycles. The maximum atomic E-state index is 13.4. The molecule has 1 atom stereocenters. The van der Waals surface area contributed by atoms with E-state index in [1.165, 1.54) is 12.1 Å². The van der Waals surface area contributed by atoms with Gasteiger partial charge in [-0.1, -0.05) is 25.1 Å². The fourth-order valence-corrected chi connectivity index (χ4v) is 3.15. The van der Waals surface area contributed by atoms with Crippen molar-refractivity contribution < 1.29 is 4.39 Å². The largest absolute Gasteiger partial charge is 0.296 e. The van der Waals surface area contributed by atoms with Crippen molar-refractivity contribution in [3.05, 3.63) is 64.5 Å². The van der Waals surface area contributed by atoms with Gasteiger partial charge in [-0.15, -0.1) is 0 Å². The maximum Gasteiger partial charge on any atom is 0.261 e. The molecule has 4 heteroatoms. The van der Waals surface area contributed by atoms with Gasteiger partial charge in [0.25, 0.3) is 5.56 Å². The lowest BCUT2D eigenvalue weighted by Crippen LogP contribution is -2.21. The van der Waals surface area contributed by atoms with Crippen molar-refractivity contribution in [1.82, 2.24) is 9.55 Å². The van der Waals surface area contributed by atoms with Crippen molar-refractivity contribution in [1.29, 1.82) is 0 Å². The molecule has 0 saturated carbocycles. The quantitative estimate of drug-likeness (QED) is 0.689. The molecule has 4 rings (SSSR count). The van der Waals surface area contributed by atoms with Gasteiger partial charge in [-0.05, 0) is 41.3 Å². The Morgan fingerprint density at radius 3 is 2.82 bits per heavy atom. The summed E-state index contributed by atoms with van der Waals surface area (Å²) in [5.74, 6) is 1.02. The normalized spacial score (nSPS) is 16.9. The van der Waals surface area contributed by atoms with Gasteiger partial charge in [-0.25, -0.2) is 9.37 Å². The molecule has 0 N–H and O–H groups in total. The number of benzene rings is 2. The Bertz CT molecular complexity index is 945. The molecule has 2 heterocycles. The predicted octanol–water partition coefficient (Wildman–Crippen LogP) is 3.39. The maximum absolute atomic E-state index is 13.4. The molecule has 1 aliphatic heterocycles. The topological polar surface area (TPSA) is 34.9 Å². The van der Waals surface area contributed by atoms with Crippen LogP contribution in [0.5, 0.6) is 0 Å². The molecule has 0 bridgehead atoms. The van der Waals surface area contributed by atoms with Crippen LogP contribution in [0.3, 0.4) is 0 Å². The van der Waals surface area contributed by atoms with Crippen LogP contribution in [0.15, 0.2) is 47.3 Å². The average molecular weight is 294 g/mol. The Labute approximate surface area is 127 Å². The second-order valence-corrected chi connectivity index (χ2v) is 6.00. The number of fused-ring (bicyclic) bond motifs is 2. The van der Waals surface area contributed by atoms with Gasteiger partial charge in [0.05, 0.1) is 10.9 Å². The zero-order valence-electron chi connectivity index (χ0n) is 12.2. The lowest BCUT2D eigenvalue weighted by molar-refractivity contribution is 0.558. The van der Waals surface area contributed by atoms with E-state index in [1.54, 1.807) is 16.7 Å². The van der Waals surface area contributed by atoms with E-state index < -0.39 is 0 Å². The van der Waals surface area contributed by atoms with Crippen molar-refractivity contribution in [3.8, 4) is 11.1 Å². The number of hydrogen-bond acceptors (Lipinski definition) is 2. The van der Waals surface area contributed by atoms with E-state index in [9.17, 15) is 9.18 Å². The number of hydrogen-bond donors (Lipinski definition) is 0. The number of halogens is 1. The second kappa shape index (κ2) is 4.77. The Morgan fingerprint density at radius 1 is 1.18 bits per heavy atom. The van der Waals surface area contributed by atoms with Crippen LogP contribution in [-0.4, -0.2) is 9.55 Å². The van der Waals surface area contributed by atoms with Crippen LogP contribution in [-0.2, 0) is 13.0 Å². The molecule has 1 aliphatic rings. The summed E-state index contributed by atoms with van der Waals surface area (Å²) in [6.07, 6.45) is 0.829. The molecular formula is C18H15FN2O. The predicted molar refractivity (Wildman–Crippen MR) is 84.3 cm³/mol. The average Bonchev–Trinajstić information content (AvgIpc) is 2.87. The molecule has 110 valence electrons. The zero-order chi connectivity index (χ0) is 15.3. The second-order valence-electron chi connectivity index (χ2n) is 6.00. The molecule has 0 aliphatic carbocycles. The number of nitrogens with zero attached hydrogens (tertiary/aromatic N) is 2. The van der Waals surface area contributed by atoms with Crippen LogP contribution in [0.4, 0.5) is 4.39 Å². The minimum atomic E-state index is -0.270. The summed E-state index contributed by atoms with van der Waals surface area (Å²) in [5.41, 5.74) is 2.37. The summed E-state index contributed by atoms with van der Waals surface area (Å²) in [7, 11) is 0. The first-order chi connectivity index (χ1) is 10.6. The lowest BCUT2D eigenvalue weighted by atomic mass is 10.0. The fourth-order valence-electron chi connectivity index (χ4n) is 3.15. The van der Waals surface area contributed by atoms with E-state index in [-0.39, 0.29) is 11.4 Å². The summed E-state index contributed by atoms with van der Waals surface area (Å²) >= 11 is 0. The minimum absolute atomic E-state index is 0.0233. The number of aromatic nitrogens is 2. The van der Waals surface area contributed by atoms with Gasteiger partial charge < -0.3 is 0 Å². The molecular weight excluding hydrogens is 279 g/mol. The first-order valence-electron chi connectivity index (χ1n) is 7.41. The van der Waals surface area contributed by atoms with E-state index in [4.69, 9.17) is 0 Å². The third-order valence-corrected chi connectivity index (χ3v) is 4.22. The molecule has 0 saturated heterocycles. The first-order valence-corrected chi connectivity index (χ1v) is 7.41. The molecule has 22 heavy (non-hydrogen) atoms. The molecule has 0 fully saturated rings. The Kier molecular flexibility index (Phi) is 2.86. The van der Waals surface area contributed by atoms with Crippen LogP contribution in [0.2, 0.25) is 0 Å². The van der Waals surface area contributed by atoms with Crippen LogP contribution in [0, 0.1) is 11.7 Å². The Balaban J connectivity index is 1.92. The van der Waals surface area contributed by atoms with Gasteiger partial charge in [0, 0.05) is 13.0 Å². The van der Waals surface area contributed by atoms with E-state index >= 15 is 0 Å². The minimum Gasteiger partial charge on any atom is -0.296 e. The monoisotopic (exact) mass is 294 g/mol. The van der Waals surface area contributed by atoms with Gasteiger partial charge in [-0.2, -0.15) is 0 Å². The lowest BCUT2D eigenvalue weighted by Gasteiger charge is -2.07. The summed E-state index contributed by atoms with van der Waals surface area (Å²) < 4.78 is 15.2. The Morgan fingerprint density at radius 2 is 2.00 bits per heavy atom. The first kappa shape index (κ1) is 13.2. The smallest absolute Gasteiger partial charge is 0.261 e. The van der Waals surface area contributed by atoms with E-state index in [2.05, 4.69) is 11.9 Å². The van der Waals surface area contributed by atoms with Gasteiger partial charge in [0.2, 0.25) is 0 Å². The van der Waals surface area contributed by atoms with Crippen molar-refractivity contribution >= 4 is 10.9 Å². The highest BCUT2D eigenvalue weighted by molar-refractivity contribution is 5.83. The Hall–Kier alpha value is -2.49. The van der Waals surface area contributed by atoms with Gasteiger partial charge >= 0.3 is 0 Å².